The molecule has 2 rings (SSSR count). The lowest BCUT2D eigenvalue weighted by molar-refractivity contribution is 1.09. The molecule has 0 amide bonds. The molecule has 2 aromatic rings. The van der Waals surface area contributed by atoms with Crippen LogP contribution in [-0.4, -0.2) is 6.21 Å². The highest BCUT2D eigenvalue weighted by atomic mass is 15.5. The van der Waals surface area contributed by atoms with Crippen LogP contribution in [0.3, 0.4) is 0 Å². The number of rotatable bonds is 3. The van der Waals surface area contributed by atoms with E-state index in [4.69, 9.17) is 5.26 Å². The molecule has 17 heavy (non-hydrogen) atoms. The summed E-state index contributed by atoms with van der Waals surface area (Å²) in [7, 11) is 0. The van der Waals surface area contributed by atoms with E-state index in [2.05, 4.69) is 5.10 Å². The van der Waals surface area contributed by atoms with Crippen LogP contribution in [-0.2, 0) is 0 Å². The monoisotopic (exact) mass is 221 g/mol. The summed E-state index contributed by atoms with van der Waals surface area (Å²) in [5, 5.41) is 14.4. The molecule has 0 saturated heterocycles. The molecule has 0 aromatic heterocycles. The second-order valence-electron chi connectivity index (χ2n) is 3.36. The van der Waals surface area contributed by atoms with Crippen molar-refractivity contribution in [3.63, 3.8) is 0 Å². The van der Waals surface area contributed by atoms with Crippen LogP contribution < -0.4 is 5.01 Å². The zero-order valence-electron chi connectivity index (χ0n) is 9.19. The number of anilines is 2. The number of benzene rings is 2. The number of nitriles is 1. The van der Waals surface area contributed by atoms with E-state index in [-0.39, 0.29) is 0 Å². The van der Waals surface area contributed by atoms with Gasteiger partial charge in [0.2, 0.25) is 0 Å². The van der Waals surface area contributed by atoms with E-state index in [1.54, 1.807) is 5.01 Å². The van der Waals surface area contributed by atoms with Crippen LogP contribution in [0.2, 0.25) is 0 Å². The fraction of sp³-hybridized carbons (Fsp3) is 0. The van der Waals surface area contributed by atoms with Crippen LogP contribution in [0.25, 0.3) is 0 Å². The summed E-state index contributed by atoms with van der Waals surface area (Å²) in [6, 6.07) is 21.3. The average molecular weight is 221 g/mol. The fourth-order valence-corrected chi connectivity index (χ4v) is 1.50. The van der Waals surface area contributed by atoms with Crippen LogP contribution in [0.1, 0.15) is 0 Å². The molecular formula is C14H11N3. The molecule has 0 atom stereocenters. The van der Waals surface area contributed by atoms with Crippen LogP contribution in [0.4, 0.5) is 11.4 Å². The second-order valence-corrected chi connectivity index (χ2v) is 3.36. The summed E-state index contributed by atoms with van der Waals surface area (Å²) in [6.07, 6.45) is 1.22. The van der Waals surface area contributed by atoms with E-state index in [1.807, 2.05) is 66.7 Å². The van der Waals surface area contributed by atoms with Gasteiger partial charge >= 0.3 is 0 Å². The lowest BCUT2D eigenvalue weighted by Crippen LogP contribution is -2.08. The van der Waals surface area contributed by atoms with Gasteiger partial charge in [0.25, 0.3) is 0 Å². The molecule has 0 bridgehead atoms. The van der Waals surface area contributed by atoms with Crippen LogP contribution in [0, 0.1) is 11.3 Å². The summed E-state index contributed by atoms with van der Waals surface area (Å²) < 4.78 is 0. The summed E-state index contributed by atoms with van der Waals surface area (Å²) >= 11 is 0. The minimum atomic E-state index is 0.921. The highest BCUT2D eigenvalue weighted by Crippen LogP contribution is 2.24. The van der Waals surface area contributed by atoms with Gasteiger partial charge in [-0.05, 0) is 24.3 Å². The molecule has 3 heteroatoms. The standard InChI is InChI=1S/C14H11N3/c15-11-12-16-17(13-7-3-1-4-8-13)14-9-5-2-6-10-14/h1-10,12H. The predicted molar refractivity (Wildman–Crippen MR) is 69.1 cm³/mol. The van der Waals surface area contributed by atoms with Crippen molar-refractivity contribution in [3.8, 4) is 6.07 Å². The summed E-state index contributed by atoms with van der Waals surface area (Å²) in [4.78, 5) is 0. The van der Waals surface area contributed by atoms with Crippen molar-refractivity contribution < 1.29 is 0 Å². The molecule has 0 radical (unpaired) electrons. The van der Waals surface area contributed by atoms with Crippen molar-refractivity contribution in [2.75, 3.05) is 5.01 Å². The van der Waals surface area contributed by atoms with Gasteiger partial charge in [0, 0.05) is 0 Å². The fourth-order valence-electron chi connectivity index (χ4n) is 1.50. The lowest BCUT2D eigenvalue weighted by Gasteiger charge is -2.18. The predicted octanol–water partition coefficient (Wildman–Crippen LogP) is 3.33. The number of hydrogen-bond acceptors (Lipinski definition) is 3. The maximum Gasteiger partial charge on any atom is 0.125 e. The first-order valence-corrected chi connectivity index (χ1v) is 5.24. The Morgan fingerprint density at radius 2 is 1.35 bits per heavy atom. The molecule has 82 valence electrons. The van der Waals surface area contributed by atoms with E-state index >= 15 is 0 Å². The van der Waals surface area contributed by atoms with Gasteiger partial charge in [-0.2, -0.15) is 10.4 Å². The first kappa shape index (κ1) is 10.9. The van der Waals surface area contributed by atoms with Gasteiger partial charge < -0.3 is 0 Å². The van der Waals surface area contributed by atoms with E-state index < -0.39 is 0 Å². The van der Waals surface area contributed by atoms with Crippen molar-refractivity contribution in [3.05, 3.63) is 60.7 Å². The smallest absolute Gasteiger partial charge is 0.125 e. The Kier molecular flexibility index (Phi) is 3.51. The highest BCUT2D eigenvalue weighted by molar-refractivity contribution is 5.78. The Hall–Kier alpha value is -2.60. The van der Waals surface area contributed by atoms with Gasteiger partial charge in [0.05, 0.1) is 11.4 Å². The number of para-hydroxylation sites is 2. The molecule has 0 heterocycles. The molecule has 0 spiro atoms. The third-order valence-electron chi connectivity index (χ3n) is 2.23. The van der Waals surface area contributed by atoms with E-state index in [0.717, 1.165) is 11.4 Å². The van der Waals surface area contributed by atoms with Crippen molar-refractivity contribution in [2.45, 2.75) is 0 Å². The van der Waals surface area contributed by atoms with E-state index in [1.165, 1.54) is 6.21 Å². The molecule has 0 N–H and O–H groups in total. The number of hydrogen-bond donors (Lipinski definition) is 0. The number of nitrogens with zero attached hydrogens (tertiary/aromatic N) is 3. The van der Waals surface area contributed by atoms with Gasteiger partial charge in [0.15, 0.2) is 0 Å². The van der Waals surface area contributed by atoms with Gasteiger partial charge in [-0.1, -0.05) is 36.4 Å². The molecule has 0 aliphatic rings. The summed E-state index contributed by atoms with van der Waals surface area (Å²) in [6.45, 7) is 0. The summed E-state index contributed by atoms with van der Waals surface area (Å²) in [5.41, 5.74) is 1.84. The van der Waals surface area contributed by atoms with E-state index in [9.17, 15) is 0 Å². The van der Waals surface area contributed by atoms with Gasteiger partial charge in [-0.25, -0.2) is 5.01 Å². The Bertz CT molecular complexity index is 487. The third kappa shape index (κ3) is 2.70. The lowest BCUT2D eigenvalue weighted by atomic mass is 10.2. The maximum atomic E-state index is 8.58. The Labute approximate surface area is 100 Å². The van der Waals surface area contributed by atoms with Crippen molar-refractivity contribution in [1.29, 1.82) is 5.26 Å². The topological polar surface area (TPSA) is 39.4 Å². The number of hydrazone groups is 1. The van der Waals surface area contributed by atoms with Crippen molar-refractivity contribution in [2.24, 2.45) is 5.10 Å². The molecule has 0 aliphatic carbocycles. The second kappa shape index (κ2) is 5.47. The van der Waals surface area contributed by atoms with Crippen LogP contribution in [0.5, 0.6) is 0 Å². The molecule has 0 fully saturated rings. The minimum absolute atomic E-state index is 0.921. The van der Waals surface area contributed by atoms with Crippen molar-refractivity contribution >= 4 is 17.6 Å². The Balaban J connectivity index is 2.40. The van der Waals surface area contributed by atoms with Gasteiger partial charge in [0.1, 0.15) is 12.3 Å². The first-order chi connectivity index (χ1) is 8.42. The molecule has 0 aliphatic heterocycles. The normalized spacial score (nSPS) is 10.1. The quantitative estimate of drug-likeness (QED) is 0.589. The molecule has 0 unspecified atom stereocenters. The zero-order chi connectivity index (χ0) is 11.9. The van der Waals surface area contributed by atoms with Crippen LogP contribution >= 0.6 is 0 Å². The minimum Gasteiger partial charge on any atom is -0.233 e. The third-order valence-corrected chi connectivity index (χ3v) is 2.23. The maximum absolute atomic E-state index is 8.58. The SMILES string of the molecule is N#CC=NN(c1ccccc1)c1ccccc1. The first-order valence-electron chi connectivity index (χ1n) is 5.24. The van der Waals surface area contributed by atoms with Crippen LogP contribution in [0.15, 0.2) is 65.8 Å². The molecule has 2 aromatic carbocycles. The van der Waals surface area contributed by atoms with Crippen molar-refractivity contribution in [1.82, 2.24) is 0 Å². The average Bonchev–Trinajstić information content (AvgIpc) is 2.42. The zero-order valence-corrected chi connectivity index (χ0v) is 9.19. The molecular weight excluding hydrogens is 210 g/mol. The Morgan fingerprint density at radius 3 is 1.76 bits per heavy atom. The molecule has 0 saturated carbocycles. The van der Waals surface area contributed by atoms with Gasteiger partial charge in [-0.3, -0.25) is 0 Å². The van der Waals surface area contributed by atoms with Gasteiger partial charge in [-0.15, -0.1) is 0 Å². The largest absolute Gasteiger partial charge is 0.233 e. The summed E-state index contributed by atoms with van der Waals surface area (Å²) in [5.74, 6) is 0. The Morgan fingerprint density at radius 1 is 0.882 bits per heavy atom. The van der Waals surface area contributed by atoms with E-state index in [0.29, 0.717) is 0 Å². The highest BCUT2D eigenvalue weighted by Gasteiger charge is 2.05. The molecule has 3 nitrogen and oxygen atoms in total.